The van der Waals surface area contributed by atoms with Gasteiger partial charge in [-0.3, -0.25) is 29.6 Å². The van der Waals surface area contributed by atoms with Crippen LogP contribution < -0.4 is 10.9 Å². The van der Waals surface area contributed by atoms with E-state index < -0.39 is 55.3 Å². The van der Waals surface area contributed by atoms with Crippen LogP contribution in [0.15, 0.2) is 29.6 Å². The summed E-state index contributed by atoms with van der Waals surface area (Å²) < 4.78 is 39.5. The maximum absolute atomic E-state index is 13.0. The zero-order chi connectivity index (χ0) is 20.5. The van der Waals surface area contributed by atoms with E-state index in [0.29, 0.717) is 10.6 Å². The number of nitro groups is 2. The Morgan fingerprint density at radius 2 is 1.89 bits per heavy atom. The summed E-state index contributed by atoms with van der Waals surface area (Å²) in [4.78, 5) is 35.2. The molecule has 0 atom stereocenters. The molecule has 2 aromatic rings. The lowest BCUT2D eigenvalue weighted by molar-refractivity contribution is -0.393. The monoisotopic (exact) mass is 405 g/mol. The number of nitro benzene ring substituents is 2. The van der Waals surface area contributed by atoms with E-state index in [9.17, 15) is 38.2 Å². The number of nitrogens with zero attached hydrogens (tertiary/aromatic N) is 4. The Morgan fingerprint density at radius 3 is 2.37 bits per heavy atom. The molecule has 27 heavy (non-hydrogen) atoms. The zero-order valence-corrected chi connectivity index (χ0v) is 13.6. The van der Waals surface area contributed by atoms with E-state index in [1.807, 2.05) is 0 Å². The maximum Gasteiger partial charge on any atom is 0.435 e. The minimum atomic E-state index is -5.08. The SMILES string of the molecule is C=Cn1c(Nc2ccc([N+](=O)[O-])cc2[N+](=O)[O-])nc(C(F)(F)F)c(Cl)c1=O. The van der Waals surface area contributed by atoms with Gasteiger partial charge in [-0.15, -0.1) is 0 Å². The quantitative estimate of drug-likeness (QED) is 0.593. The first-order valence-electron chi connectivity index (χ1n) is 6.69. The van der Waals surface area contributed by atoms with Crippen molar-refractivity contribution in [2.24, 2.45) is 0 Å². The highest BCUT2D eigenvalue weighted by Gasteiger charge is 2.38. The molecule has 0 aliphatic carbocycles. The second-order valence-electron chi connectivity index (χ2n) is 4.79. The molecule has 142 valence electrons. The fraction of sp³-hybridized carbons (Fsp3) is 0.0769. The number of rotatable bonds is 5. The Morgan fingerprint density at radius 1 is 1.26 bits per heavy atom. The van der Waals surface area contributed by atoms with Crippen LogP contribution >= 0.6 is 11.6 Å². The van der Waals surface area contributed by atoms with Crippen LogP contribution in [0, 0.1) is 20.2 Å². The average molecular weight is 406 g/mol. The number of halogens is 4. The summed E-state index contributed by atoms with van der Waals surface area (Å²) in [6, 6.07) is 2.36. The summed E-state index contributed by atoms with van der Waals surface area (Å²) in [5.74, 6) is -0.774. The third kappa shape index (κ3) is 3.87. The van der Waals surface area contributed by atoms with Crippen LogP contribution in [0.25, 0.3) is 6.20 Å². The number of anilines is 2. The lowest BCUT2D eigenvalue weighted by Crippen LogP contribution is -2.25. The molecule has 1 heterocycles. The third-order valence-electron chi connectivity index (χ3n) is 3.15. The summed E-state index contributed by atoms with van der Waals surface area (Å²) in [5, 5.41) is 22.8. The van der Waals surface area contributed by atoms with Crippen molar-refractivity contribution in [3.05, 3.63) is 66.1 Å². The fourth-order valence-electron chi connectivity index (χ4n) is 1.97. The smallest absolute Gasteiger partial charge is 0.319 e. The van der Waals surface area contributed by atoms with Gasteiger partial charge in [0, 0.05) is 12.3 Å². The first kappa shape index (κ1) is 19.8. The van der Waals surface area contributed by atoms with Gasteiger partial charge in [-0.25, -0.2) is 4.98 Å². The molecular formula is C13H7ClF3N5O5. The Kier molecular flexibility index (Phi) is 5.16. The Labute approximate surface area is 151 Å². The molecule has 1 aromatic heterocycles. The van der Waals surface area contributed by atoms with E-state index in [4.69, 9.17) is 11.6 Å². The Bertz CT molecular complexity index is 1020. The topological polar surface area (TPSA) is 133 Å². The molecule has 0 aliphatic rings. The fourth-order valence-corrected chi connectivity index (χ4v) is 2.21. The Balaban J connectivity index is 2.69. The average Bonchev–Trinajstić information content (AvgIpc) is 2.57. The van der Waals surface area contributed by atoms with E-state index in [0.717, 1.165) is 18.3 Å². The van der Waals surface area contributed by atoms with Crippen molar-refractivity contribution in [3.63, 3.8) is 0 Å². The molecule has 14 heteroatoms. The van der Waals surface area contributed by atoms with Crippen molar-refractivity contribution in [3.8, 4) is 0 Å². The third-order valence-corrected chi connectivity index (χ3v) is 3.49. The highest BCUT2D eigenvalue weighted by atomic mass is 35.5. The molecular weight excluding hydrogens is 399 g/mol. The molecule has 0 saturated carbocycles. The Hall–Kier alpha value is -3.48. The number of nitrogens with one attached hydrogen (secondary N) is 1. The molecule has 0 bridgehead atoms. The van der Waals surface area contributed by atoms with Crippen molar-refractivity contribution >= 4 is 40.8 Å². The van der Waals surface area contributed by atoms with Crippen molar-refractivity contribution in [1.82, 2.24) is 9.55 Å². The highest BCUT2D eigenvalue weighted by molar-refractivity contribution is 6.31. The number of non-ortho nitro benzene ring substituents is 1. The molecule has 0 spiro atoms. The molecule has 0 saturated heterocycles. The van der Waals surface area contributed by atoms with Crippen molar-refractivity contribution in [2.75, 3.05) is 5.32 Å². The summed E-state index contributed by atoms with van der Waals surface area (Å²) in [5.41, 5.74) is -4.91. The van der Waals surface area contributed by atoms with Crippen LogP contribution in [0.4, 0.5) is 36.2 Å². The van der Waals surface area contributed by atoms with E-state index >= 15 is 0 Å². The number of alkyl halides is 3. The van der Waals surface area contributed by atoms with Crippen molar-refractivity contribution < 1.29 is 23.0 Å². The predicted octanol–water partition coefficient (Wildman–Crippen LogP) is 3.58. The molecule has 1 aromatic carbocycles. The maximum atomic E-state index is 13.0. The van der Waals surface area contributed by atoms with E-state index in [1.165, 1.54) is 0 Å². The van der Waals surface area contributed by atoms with Crippen LogP contribution in [0.3, 0.4) is 0 Å². The first-order chi connectivity index (χ1) is 12.5. The first-order valence-corrected chi connectivity index (χ1v) is 7.06. The van der Waals surface area contributed by atoms with Crippen molar-refractivity contribution in [2.45, 2.75) is 6.18 Å². The van der Waals surface area contributed by atoms with Gasteiger partial charge in [0.05, 0.1) is 15.9 Å². The lowest BCUT2D eigenvalue weighted by Gasteiger charge is -2.14. The summed E-state index contributed by atoms with van der Waals surface area (Å²) in [6.45, 7) is 3.24. The highest BCUT2D eigenvalue weighted by Crippen LogP contribution is 2.34. The van der Waals surface area contributed by atoms with E-state index in [2.05, 4.69) is 16.9 Å². The van der Waals surface area contributed by atoms with Gasteiger partial charge in [0.15, 0.2) is 5.69 Å². The number of hydrogen-bond acceptors (Lipinski definition) is 7. The van der Waals surface area contributed by atoms with Gasteiger partial charge < -0.3 is 5.32 Å². The van der Waals surface area contributed by atoms with E-state index in [-0.39, 0.29) is 0 Å². The molecule has 2 rings (SSSR count). The molecule has 0 radical (unpaired) electrons. The standard InChI is InChI=1S/C13H7ClF3N5O5/c1-2-20-11(23)9(14)10(13(15,16)17)19-12(20)18-7-4-3-6(21(24)25)5-8(7)22(26)27/h2-5H,1H2,(H,18,19). The number of aromatic nitrogens is 2. The van der Waals surface area contributed by atoms with Gasteiger partial charge in [-0.05, 0) is 6.07 Å². The summed E-state index contributed by atoms with van der Waals surface area (Å²) >= 11 is 5.40. The molecule has 0 amide bonds. The number of hydrogen-bond donors (Lipinski definition) is 1. The molecule has 1 N–H and O–H groups in total. The van der Waals surface area contributed by atoms with Gasteiger partial charge in [-0.2, -0.15) is 13.2 Å². The lowest BCUT2D eigenvalue weighted by atomic mass is 10.2. The van der Waals surface area contributed by atoms with Crippen LogP contribution in [0.2, 0.25) is 5.02 Å². The van der Waals surface area contributed by atoms with Crippen LogP contribution in [-0.4, -0.2) is 19.4 Å². The predicted molar refractivity (Wildman–Crippen MR) is 87.9 cm³/mol. The molecule has 0 unspecified atom stereocenters. The minimum Gasteiger partial charge on any atom is -0.319 e. The minimum absolute atomic E-state index is 0.441. The van der Waals surface area contributed by atoms with Gasteiger partial charge in [0.2, 0.25) is 5.95 Å². The molecule has 0 aliphatic heterocycles. The number of benzene rings is 1. The van der Waals surface area contributed by atoms with Crippen molar-refractivity contribution in [1.29, 1.82) is 0 Å². The molecule has 10 nitrogen and oxygen atoms in total. The zero-order valence-electron chi connectivity index (χ0n) is 12.9. The summed E-state index contributed by atoms with van der Waals surface area (Å²) in [6.07, 6.45) is -4.28. The largest absolute Gasteiger partial charge is 0.435 e. The van der Waals surface area contributed by atoms with Crippen LogP contribution in [-0.2, 0) is 6.18 Å². The van der Waals surface area contributed by atoms with Crippen LogP contribution in [0.1, 0.15) is 5.69 Å². The summed E-state index contributed by atoms with van der Waals surface area (Å²) in [7, 11) is 0. The molecule has 0 fully saturated rings. The van der Waals surface area contributed by atoms with Gasteiger partial charge in [-0.1, -0.05) is 18.2 Å². The van der Waals surface area contributed by atoms with Gasteiger partial charge >= 0.3 is 6.18 Å². The van der Waals surface area contributed by atoms with Crippen LogP contribution in [0.5, 0.6) is 0 Å². The second kappa shape index (κ2) is 7.03. The van der Waals surface area contributed by atoms with Gasteiger partial charge in [0.25, 0.3) is 16.9 Å². The van der Waals surface area contributed by atoms with Gasteiger partial charge in [0.1, 0.15) is 10.7 Å². The van der Waals surface area contributed by atoms with E-state index in [1.54, 1.807) is 0 Å². The second-order valence-corrected chi connectivity index (χ2v) is 5.17. The normalized spacial score (nSPS) is 11.1.